The van der Waals surface area contributed by atoms with Crippen LogP contribution >= 0.6 is 0 Å². The van der Waals surface area contributed by atoms with Crippen molar-refractivity contribution in [3.63, 3.8) is 0 Å². The molecule has 1 fully saturated rings. The molecule has 1 aromatic rings. The highest BCUT2D eigenvalue weighted by Crippen LogP contribution is 2.32. The van der Waals surface area contributed by atoms with Gasteiger partial charge in [0, 0.05) is 25.3 Å². The molecule has 19 heavy (non-hydrogen) atoms. The van der Waals surface area contributed by atoms with E-state index in [-0.39, 0.29) is 11.7 Å². The van der Waals surface area contributed by atoms with E-state index < -0.39 is 5.97 Å². The van der Waals surface area contributed by atoms with Gasteiger partial charge in [-0.1, -0.05) is 13.3 Å². The Kier molecular flexibility index (Phi) is 4.03. The summed E-state index contributed by atoms with van der Waals surface area (Å²) in [6.07, 6.45) is 5.04. The molecule has 2 unspecified atom stereocenters. The van der Waals surface area contributed by atoms with Crippen molar-refractivity contribution in [1.82, 2.24) is 20.2 Å². The molecule has 7 heteroatoms. The molecule has 1 saturated carbocycles. The fourth-order valence-corrected chi connectivity index (χ4v) is 1.99. The van der Waals surface area contributed by atoms with Gasteiger partial charge in [-0.3, -0.25) is 0 Å². The second kappa shape index (κ2) is 5.73. The molecule has 2 rings (SSSR count). The van der Waals surface area contributed by atoms with Crippen molar-refractivity contribution in [2.75, 3.05) is 6.54 Å². The first kappa shape index (κ1) is 13.4. The molecule has 7 nitrogen and oxygen atoms in total. The number of urea groups is 1. The van der Waals surface area contributed by atoms with Gasteiger partial charge in [-0.05, 0) is 12.3 Å². The molecule has 1 aliphatic carbocycles. The first-order chi connectivity index (χ1) is 9.10. The molecule has 3 N–H and O–H groups in total. The van der Waals surface area contributed by atoms with Crippen LogP contribution < -0.4 is 10.6 Å². The summed E-state index contributed by atoms with van der Waals surface area (Å²) in [7, 11) is 0. The minimum absolute atomic E-state index is 0.00761. The zero-order chi connectivity index (χ0) is 13.8. The van der Waals surface area contributed by atoms with Crippen LogP contribution in [0.25, 0.3) is 0 Å². The van der Waals surface area contributed by atoms with Crippen LogP contribution in [0.3, 0.4) is 0 Å². The van der Waals surface area contributed by atoms with Crippen LogP contribution in [0.15, 0.2) is 12.5 Å². The molecule has 0 saturated heterocycles. The van der Waals surface area contributed by atoms with Gasteiger partial charge in [-0.2, -0.15) is 0 Å². The Morgan fingerprint density at radius 1 is 1.58 bits per heavy atom. The predicted molar refractivity (Wildman–Crippen MR) is 67.9 cm³/mol. The lowest BCUT2D eigenvalue weighted by atomic mass is 10.3. The molecule has 1 aromatic heterocycles. The average Bonchev–Trinajstić information content (AvgIpc) is 2.93. The maximum atomic E-state index is 11.5. The Bertz CT molecular complexity index is 471. The van der Waals surface area contributed by atoms with E-state index in [0.29, 0.717) is 25.0 Å². The fraction of sp³-hybridized carbons (Fsp3) is 0.583. The summed E-state index contributed by atoms with van der Waals surface area (Å²) in [6.45, 7) is 3.05. The first-order valence-corrected chi connectivity index (χ1v) is 6.39. The molecule has 0 aromatic carbocycles. The number of hydrogen-bond acceptors (Lipinski definition) is 3. The third kappa shape index (κ3) is 3.70. The largest absolute Gasteiger partial charge is 0.476 e. The predicted octanol–water partition coefficient (Wildman–Crippen LogP) is 0.679. The number of carboxylic acid groups (broad SMARTS) is 1. The Balaban J connectivity index is 1.65. The van der Waals surface area contributed by atoms with Crippen LogP contribution in [-0.2, 0) is 6.54 Å². The summed E-state index contributed by atoms with van der Waals surface area (Å²) in [5.41, 5.74) is 0.00761. The van der Waals surface area contributed by atoms with E-state index in [1.807, 2.05) is 0 Å². The average molecular weight is 266 g/mol. The van der Waals surface area contributed by atoms with Gasteiger partial charge in [0.05, 0.1) is 6.33 Å². The molecule has 2 atom stereocenters. The number of nitrogens with zero attached hydrogens (tertiary/aromatic N) is 2. The van der Waals surface area contributed by atoms with Gasteiger partial charge in [0.1, 0.15) is 0 Å². The lowest BCUT2D eigenvalue weighted by Crippen LogP contribution is -2.38. The summed E-state index contributed by atoms with van der Waals surface area (Å²) < 4.78 is 1.63. The monoisotopic (exact) mass is 266 g/mol. The summed E-state index contributed by atoms with van der Waals surface area (Å²) in [5, 5.41) is 14.3. The number of nitrogens with one attached hydrogen (secondary N) is 2. The van der Waals surface area contributed by atoms with Gasteiger partial charge < -0.3 is 20.3 Å². The molecule has 0 aliphatic heterocycles. The summed E-state index contributed by atoms with van der Waals surface area (Å²) in [5.74, 6) is -0.429. The Morgan fingerprint density at radius 2 is 2.37 bits per heavy atom. The van der Waals surface area contributed by atoms with Gasteiger partial charge >= 0.3 is 12.0 Å². The topological polar surface area (TPSA) is 96.3 Å². The van der Waals surface area contributed by atoms with Crippen LogP contribution in [-0.4, -0.2) is 39.2 Å². The minimum Gasteiger partial charge on any atom is -0.476 e. The second-order valence-electron chi connectivity index (χ2n) is 4.71. The van der Waals surface area contributed by atoms with E-state index in [4.69, 9.17) is 5.11 Å². The van der Waals surface area contributed by atoms with Crippen LogP contribution in [0.4, 0.5) is 4.79 Å². The third-order valence-electron chi connectivity index (χ3n) is 3.27. The highest BCUT2D eigenvalue weighted by molar-refractivity contribution is 5.84. The van der Waals surface area contributed by atoms with Gasteiger partial charge in [0.15, 0.2) is 5.69 Å². The second-order valence-corrected chi connectivity index (χ2v) is 4.71. The van der Waals surface area contributed by atoms with Crippen molar-refractivity contribution >= 4 is 12.0 Å². The number of aromatic nitrogens is 2. The van der Waals surface area contributed by atoms with Crippen molar-refractivity contribution in [2.45, 2.75) is 32.4 Å². The highest BCUT2D eigenvalue weighted by atomic mass is 16.4. The Morgan fingerprint density at radius 3 is 2.95 bits per heavy atom. The van der Waals surface area contributed by atoms with E-state index in [1.54, 1.807) is 4.57 Å². The van der Waals surface area contributed by atoms with Gasteiger partial charge in [-0.15, -0.1) is 0 Å². The standard InChI is InChI=1S/C12H18N4O3/c1-2-8-5-9(8)15-12(19)13-3-4-16-6-10(11(17)18)14-7-16/h6-9H,2-5H2,1H3,(H,17,18)(H2,13,15,19). The number of hydrogen-bond donors (Lipinski definition) is 3. The van der Waals surface area contributed by atoms with E-state index in [0.717, 1.165) is 12.8 Å². The lowest BCUT2D eigenvalue weighted by Gasteiger charge is -2.07. The number of amides is 2. The van der Waals surface area contributed by atoms with Gasteiger partial charge in [-0.25, -0.2) is 14.6 Å². The SMILES string of the molecule is CCC1CC1NC(=O)NCCn1cnc(C(=O)O)c1. The van der Waals surface area contributed by atoms with Gasteiger partial charge in [0.2, 0.25) is 0 Å². The van der Waals surface area contributed by atoms with Crippen LogP contribution in [0.5, 0.6) is 0 Å². The molecule has 104 valence electrons. The number of carboxylic acids is 1. The van der Waals surface area contributed by atoms with Crippen molar-refractivity contribution < 1.29 is 14.7 Å². The Hall–Kier alpha value is -2.05. The molecule has 2 amide bonds. The van der Waals surface area contributed by atoms with Crippen molar-refractivity contribution in [2.24, 2.45) is 5.92 Å². The maximum Gasteiger partial charge on any atom is 0.356 e. The normalized spacial score (nSPS) is 20.9. The van der Waals surface area contributed by atoms with E-state index in [1.165, 1.54) is 12.5 Å². The summed E-state index contributed by atoms with van der Waals surface area (Å²) in [6, 6.07) is 0.149. The van der Waals surface area contributed by atoms with Crippen LogP contribution in [0.1, 0.15) is 30.3 Å². The number of imidazole rings is 1. The zero-order valence-corrected chi connectivity index (χ0v) is 10.8. The molecule has 0 radical (unpaired) electrons. The lowest BCUT2D eigenvalue weighted by molar-refractivity contribution is 0.0691. The number of carbonyl (C=O) groups is 2. The molecular weight excluding hydrogens is 248 g/mol. The van der Waals surface area contributed by atoms with Crippen LogP contribution in [0, 0.1) is 5.92 Å². The zero-order valence-electron chi connectivity index (χ0n) is 10.8. The highest BCUT2D eigenvalue weighted by Gasteiger charge is 2.36. The molecule has 1 heterocycles. The smallest absolute Gasteiger partial charge is 0.356 e. The number of aromatic carboxylic acids is 1. The maximum absolute atomic E-state index is 11.5. The molecular formula is C12H18N4O3. The van der Waals surface area contributed by atoms with Gasteiger partial charge in [0.25, 0.3) is 0 Å². The Labute approximate surface area is 111 Å². The molecule has 0 bridgehead atoms. The summed E-state index contributed by atoms with van der Waals surface area (Å²) in [4.78, 5) is 25.9. The van der Waals surface area contributed by atoms with E-state index in [2.05, 4.69) is 22.5 Å². The van der Waals surface area contributed by atoms with Crippen molar-refractivity contribution in [1.29, 1.82) is 0 Å². The van der Waals surface area contributed by atoms with Crippen molar-refractivity contribution in [3.05, 3.63) is 18.2 Å². The number of rotatable bonds is 6. The molecule has 0 spiro atoms. The quantitative estimate of drug-likeness (QED) is 0.705. The summed E-state index contributed by atoms with van der Waals surface area (Å²) >= 11 is 0. The van der Waals surface area contributed by atoms with Crippen molar-refractivity contribution in [3.8, 4) is 0 Å². The first-order valence-electron chi connectivity index (χ1n) is 6.39. The third-order valence-corrected chi connectivity index (χ3v) is 3.27. The number of carbonyl (C=O) groups excluding carboxylic acids is 1. The fourth-order valence-electron chi connectivity index (χ4n) is 1.99. The van der Waals surface area contributed by atoms with Crippen LogP contribution in [0.2, 0.25) is 0 Å². The molecule has 1 aliphatic rings. The van der Waals surface area contributed by atoms with E-state index in [9.17, 15) is 9.59 Å². The van der Waals surface area contributed by atoms with E-state index >= 15 is 0 Å². The minimum atomic E-state index is -1.05.